The van der Waals surface area contributed by atoms with Crippen LogP contribution in [0, 0.1) is 11.3 Å². The van der Waals surface area contributed by atoms with Crippen molar-refractivity contribution in [3.63, 3.8) is 0 Å². The van der Waals surface area contributed by atoms with Gasteiger partial charge in [0, 0.05) is 12.0 Å². The summed E-state index contributed by atoms with van der Waals surface area (Å²) >= 11 is 0. The maximum Gasteiger partial charge on any atom is 0.329 e. The largest absolute Gasteiger partial charge is 0.480 e. The Morgan fingerprint density at radius 1 is 1.17 bits per heavy atom. The zero-order chi connectivity index (χ0) is 17.6. The number of aliphatic carboxylic acids is 1. The van der Waals surface area contributed by atoms with Gasteiger partial charge in [-0.05, 0) is 49.1 Å². The van der Waals surface area contributed by atoms with Crippen molar-refractivity contribution in [2.24, 2.45) is 0 Å². The van der Waals surface area contributed by atoms with Crippen LogP contribution in [0.15, 0.2) is 42.5 Å². The molecular weight excluding hydrogens is 304 g/mol. The van der Waals surface area contributed by atoms with Crippen LogP contribution in [0.5, 0.6) is 0 Å². The van der Waals surface area contributed by atoms with Gasteiger partial charge in [0.1, 0.15) is 5.54 Å². The van der Waals surface area contributed by atoms with E-state index in [1.165, 1.54) is 6.92 Å². The molecule has 5 nitrogen and oxygen atoms in total. The molecule has 2 aromatic rings. The van der Waals surface area contributed by atoms with E-state index in [1.807, 2.05) is 36.4 Å². The number of carbonyl (C=O) groups is 2. The monoisotopic (exact) mass is 324 g/mol. The Hall–Kier alpha value is -2.87. The maximum atomic E-state index is 12.5. The summed E-state index contributed by atoms with van der Waals surface area (Å²) in [4.78, 5) is 24.1. The Morgan fingerprint density at radius 3 is 2.54 bits per heavy atom. The number of fused-ring (bicyclic) bond motifs is 1. The molecule has 0 spiro atoms. The molecule has 0 aliphatic rings. The number of hydrogen-bond donors (Lipinski definition) is 2. The number of carboxylic acids is 1. The summed E-state index contributed by atoms with van der Waals surface area (Å²) in [7, 11) is 0. The zero-order valence-electron chi connectivity index (χ0n) is 13.6. The van der Waals surface area contributed by atoms with Gasteiger partial charge in [-0.1, -0.05) is 30.3 Å². The SMILES string of the molecule is CC(CCCCC#N)(NC(=O)c1ccc2ccccc2c1)C(=O)O. The number of amides is 1. The predicted molar refractivity (Wildman–Crippen MR) is 91.5 cm³/mol. The molecule has 1 atom stereocenters. The summed E-state index contributed by atoms with van der Waals surface area (Å²) in [6.45, 7) is 1.50. The van der Waals surface area contributed by atoms with Crippen LogP contribution in [0.4, 0.5) is 0 Å². The third kappa shape index (κ3) is 4.11. The summed E-state index contributed by atoms with van der Waals surface area (Å²) in [5, 5.41) is 22.6. The van der Waals surface area contributed by atoms with Crippen molar-refractivity contribution in [3.05, 3.63) is 48.0 Å². The van der Waals surface area contributed by atoms with E-state index in [9.17, 15) is 14.7 Å². The third-order valence-electron chi connectivity index (χ3n) is 4.09. The van der Waals surface area contributed by atoms with Crippen molar-refractivity contribution in [2.45, 2.75) is 38.1 Å². The van der Waals surface area contributed by atoms with Gasteiger partial charge < -0.3 is 10.4 Å². The molecule has 0 saturated heterocycles. The van der Waals surface area contributed by atoms with Gasteiger partial charge in [-0.25, -0.2) is 4.79 Å². The molecule has 0 aliphatic heterocycles. The number of carbonyl (C=O) groups excluding carboxylic acids is 1. The Morgan fingerprint density at radius 2 is 1.88 bits per heavy atom. The lowest BCUT2D eigenvalue weighted by Gasteiger charge is -2.26. The van der Waals surface area contributed by atoms with Crippen molar-refractivity contribution in [1.29, 1.82) is 5.26 Å². The van der Waals surface area contributed by atoms with Crippen LogP contribution >= 0.6 is 0 Å². The molecule has 0 aliphatic carbocycles. The van der Waals surface area contributed by atoms with Crippen LogP contribution in [-0.4, -0.2) is 22.5 Å². The lowest BCUT2D eigenvalue weighted by Crippen LogP contribution is -2.52. The number of carboxylic acid groups (broad SMARTS) is 1. The number of hydrogen-bond acceptors (Lipinski definition) is 3. The van der Waals surface area contributed by atoms with Gasteiger partial charge in [-0.3, -0.25) is 4.79 Å². The van der Waals surface area contributed by atoms with E-state index in [0.717, 1.165) is 10.8 Å². The van der Waals surface area contributed by atoms with Crippen LogP contribution in [0.2, 0.25) is 0 Å². The van der Waals surface area contributed by atoms with E-state index in [-0.39, 0.29) is 6.42 Å². The van der Waals surface area contributed by atoms with E-state index in [4.69, 9.17) is 5.26 Å². The highest BCUT2D eigenvalue weighted by Gasteiger charge is 2.34. The fraction of sp³-hybridized carbons (Fsp3) is 0.316. The summed E-state index contributed by atoms with van der Waals surface area (Å²) < 4.78 is 0. The first-order valence-electron chi connectivity index (χ1n) is 7.88. The minimum atomic E-state index is -1.35. The van der Waals surface area contributed by atoms with Gasteiger partial charge in [0.05, 0.1) is 6.07 Å². The van der Waals surface area contributed by atoms with Crippen LogP contribution in [0.1, 0.15) is 43.0 Å². The highest BCUT2D eigenvalue weighted by Crippen LogP contribution is 2.19. The number of nitriles is 1. The lowest BCUT2D eigenvalue weighted by atomic mass is 9.93. The van der Waals surface area contributed by atoms with Gasteiger partial charge in [0.25, 0.3) is 5.91 Å². The van der Waals surface area contributed by atoms with E-state index in [2.05, 4.69) is 5.32 Å². The van der Waals surface area contributed by atoms with Gasteiger partial charge in [-0.2, -0.15) is 5.26 Å². The Kier molecular flexibility index (Phi) is 5.54. The molecule has 0 saturated carbocycles. The second-order valence-corrected chi connectivity index (χ2v) is 6.02. The minimum Gasteiger partial charge on any atom is -0.480 e. The van der Waals surface area contributed by atoms with Crippen molar-refractivity contribution in [3.8, 4) is 6.07 Å². The summed E-state index contributed by atoms with van der Waals surface area (Å²) in [5.74, 6) is -1.49. The topological polar surface area (TPSA) is 90.2 Å². The van der Waals surface area contributed by atoms with E-state index in [0.29, 0.717) is 24.8 Å². The molecule has 0 aromatic heterocycles. The summed E-state index contributed by atoms with van der Waals surface area (Å²) in [5.41, 5.74) is -0.920. The van der Waals surface area contributed by atoms with E-state index >= 15 is 0 Å². The van der Waals surface area contributed by atoms with Gasteiger partial charge in [-0.15, -0.1) is 0 Å². The molecule has 2 N–H and O–H groups in total. The lowest BCUT2D eigenvalue weighted by molar-refractivity contribution is -0.144. The molecule has 0 heterocycles. The van der Waals surface area contributed by atoms with Crippen molar-refractivity contribution >= 4 is 22.6 Å². The molecule has 2 aromatic carbocycles. The van der Waals surface area contributed by atoms with Gasteiger partial charge in [0.2, 0.25) is 0 Å². The van der Waals surface area contributed by atoms with Crippen LogP contribution < -0.4 is 5.32 Å². The molecule has 5 heteroatoms. The zero-order valence-corrected chi connectivity index (χ0v) is 13.6. The highest BCUT2D eigenvalue weighted by atomic mass is 16.4. The van der Waals surface area contributed by atoms with Crippen LogP contribution in [-0.2, 0) is 4.79 Å². The summed E-state index contributed by atoms with van der Waals surface area (Å²) in [6, 6.07) is 15.0. The summed E-state index contributed by atoms with van der Waals surface area (Å²) in [6.07, 6.45) is 1.84. The number of nitrogens with zero attached hydrogens (tertiary/aromatic N) is 1. The first-order valence-corrected chi connectivity index (χ1v) is 7.88. The fourth-order valence-corrected chi connectivity index (χ4v) is 2.56. The fourth-order valence-electron chi connectivity index (χ4n) is 2.56. The Bertz CT molecular complexity index is 795. The first kappa shape index (κ1) is 17.5. The van der Waals surface area contributed by atoms with Crippen molar-refractivity contribution in [2.75, 3.05) is 0 Å². The first-order chi connectivity index (χ1) is 11.5. The normalized spacial score (nSPS) is 13.0. The number of benzene rings is 2. The molecular formula is C19H20N2O3. The Balaban J connectivity index is 2.14. The minimum absolute atomic E-state index is 0.281. The van der Waals surface area contributed by atoms with Gasteiger partial charge in [0.15, 0.2) is 0 Å². The maximum absolute atomic E-state index is 12.5. The van der Waals surface area contributed by atoms with E-state index in [1.54, 1.807) is 12.1 Å². The molecule has 1 amide bonds. The smallest absolute Gasteiger partial charge is 0.329 e. The molecule has 0 bridgehead atoms. The quantitative estimate of drug-likeness (QED) is 0.763. The standard InChI is InChI=1S/C19H20N2O3/c1-19(18(23)24,11-5-2-6-12-20)21-17(22)16-10-9-14-7-3-4-8-15(14)13-16/h3-4,7-10,13H,2,5-6,11H2,1H3,(H,21,22)(H,23,24). The van der Waals surface area contributed by atoms with E-state index < -0.39 is 17.4 Å². The molecule has 2 rings (SSSR count). The van der Waals surface area contributed by atoms with Crippen molar-refractivity contribution in [1.82, 2.24) is 5.32 Å². The average Bonchev–Trinajstić information content (AvgIpc) is 2.58. The third-order valence-corrected chi connectivity index (χ3v) is 4.09. The molecule has 124 valence electrons. The molecule has 1 unspecified atom stereocenters. The molecule has 0 fully saturated rings. The second-order valence-electron chi connectivity index (χ2n) is 6.02. The second kappa shape index (κ2) is 7.60. The van der Waals surface area contributed by atoms with Gasteiger partial charge >= 0.3 is 5.97 Å². The van der Waals surface area contributed by atoms with Crippen LogP contribution in [0.25, 0.3) is 10.8 Å². The number of unbranched alkanes of at least 4 members (excludes halogenated alkanes) is 2. The van der Waals surface area contributed by atoms with Crippen LogP contribution in [0.3, 0.4) is 0 Å². The number of rotatable bonds is 7. The number of nitrogens with one attached hydrogen (secondary N) is 1. The Labute approximate surface area is 140 Å². The molecule has 0 radical (unpaired) electrons. The highest BCUT2D eigenvalue weighted by molar-refractivity contribution is 6.00. The average molecular weight is 324 g/mol. The van der Waals surface area contributed by atoms with Crippen molar-refractivity contribution < 1.29 is 14.7 Å². The molecule has 24 heavy (non-hydrogen) atoms. The predicted octanol–water partition coefficient (Wildman–Crippen LogP) is 3.50.